The van der Waals surface area contributed by atoms with Crippen LogP contribution in [-0.2, 0) is 0 Å². The minimum atomic E-state index is -4.80. The molecule has 1 atom stereocenters. The van der Waals surface area contributed by atoms with Gasteiger partial charge in [0.05, 0.1) is 5.69 Å². The van der Waals surface area contributed by atoms with Gasteiger partial charge < -0.3 is 5.32 Å². The molecule has 0 radical (unpaired) electrons. The average Bonchev–Trinajstić information content (AvgIpc) is 3.17. The first-order valence-electron chi connectivity index (χ1n) is 9.12. The summed E-state index contributed by atoms with van der Waals surface area (Å²) in [6, 6.07) is 6.66. The van der Waals surface area contributed by atoms with Crippen LogP contribution < -0.4 is 5.32 Å². The Labute approximate surface area is 173 Å². The van der Waals surface area contributed by atoms with Crippen LogP contribution in [0.15, 0.2) is 61.2 Å². The normalized spacial score (nSPS) is 12.7. The zero-order chi connectivity index (χ0) is 22.2. The fourth-order valence-corrected chi connectivity index (χ4v) is 3.15. The van der Waals surface area contributed by atoms with Crippen molar-refractivity contribution in [3.05, 3.63) is 84.0 Å². The minimum Gasteiger partial charge on any atom is -0.335 e. The molecule has 0 spiro atoms. The Morgan fingerprint density at radius 2 is 1.90 bits per heavy atom. The van der Waals surface area contributed by atoms with Gasteiger partial charge in [0.1, 0.15) is 12.1 Å². The molecule has 0 aliphatic carbocycles. The van der Waals surface area contributed by atoms with Crippen molar-refractivity contribution in [1.29, 1.82) is 0 Å². The molecule has 0 aliphatic rings. The Morgan fingerprint density at radius 3 is 2.55 bits per heavy atom. The maximum atomic E-state index is 13.6. The molecule has 0 saturated carbocycles. The van der Waals surface area contributed by atoms with Crippen LogP contribution in [0, 0.1) is 12.7 Å². The van der Waals surface area contributed by atoms with Crippen molar-refractivity contribution < 1.29 is 22.4 Å². The van der Waals surface area contributed by atoms with E-state index in [-0.39, 0.29) is 16.9 Å². The van der Waals surface area contributed by atoms with E-state index in [4.69, 9.17) is 0 Å². The Morgan fingerprint density at radius 1 is 1.16 bits per heavy atom. The number of nitrogens with one attached hydrogen (secondary N) is 1. The number of carbonyl (C=O) groups is 1. The van der Waals surface area contributed by atoms with Crippen molar-refractivity contribution in [2.75, 3.05) is 0 Å². The third-order valence-corrected chi connectivity index (χ3v) is 4.67. The lowest BCUT2D eigenvalue weighted by atomic mass is 10.1. The monoisotopic (exact) mass is 429 g/mol. The number of hydrogen-bond donors (Lipinski definition) is 1. The number of carbonyl (C=O) groups excluding carboxylic acids is 1. The van der Waals surface area contributed by atoms with Crippen LogP contribution in [0.3, 0.4) is 0 Å². The van der Waals surface area contributed by atoms with Gasteiger partial charge in [0.15, 0.2) is 17.4 Å². The van der Waals surface area contributed by atoms with Crippen LogP contribution >= 0.6 is 0 Å². The van der Waals surface area contributed by atoms with Crippen LogP contribution in [0.25, 0.3) is 16.9 Å². The highest BCUT2D eigenvalue weighted by Gasteiger charge is 2.42. The van der Waals surface area contributed by atoms with Crippen LogP contribution in [0.2, 0.25) is 0 Å². The summed E-state index contributed by atoms with van der Waals surface area (Å²) < 4.78 is 55.5. The fourth-order valence-electron chi connectivity index (χ4n) is 3.15. The second kappa shape index (κ2) is 7.78. The third-order valence-electron chi connectivity index (χ3n) is 4.67. The van der Waals surface area contributed by atoms with Crippen LogP contribution in [-0.4, -0.2) is 31.4 Å². The molecule has 6 nitrogen and oxygen atoms in total. The number of aryl methyl sites for hydroxylation is 1. The van der Waals surface area contributed by atoms with E-state index in [1.165, 1.54) is 10.7 Å². The van der Waals surface area contributed by atoms with Gasteiger partial charge >= 0.3 is 6.18 Å². The van der Waals surface area contributed by atoms with Crippen molar-refractivity contribution in [2.24, 2.45) is 0 Å². The van der Waals surface area contributed by atoms with Gasteiger partial charge in [-0.05, 0) is 42.8 Å². The highest BCUT2D eigenvalue weighted by molar-refractivity contribution is 5.98. The molecule has 0 fully saturated rings. The number of benzene rings is 1. The zero-order valence-corrected chi connectivity index (χ0v) is 16.1. The fraction of sp³-hybridized carbons (Fsp3) is 0.143. The van der Waals surface area contributed by atoms with E-state index in [1.807, 2.05) is 5.32 Å². The summed E-state index contributed by atoms with van der Waals surface area (Å²) in [6.45, 7) is 1.76. The second-order valence-electron chi connectivity index (χ2n) is 6.81. The Bertz CT molecular complexity index is 1240. The highest BCUT2D eigenvalue weighted by Crippen LogP contribution is 2.33. The molecule has 1 N–H and O–H groups in total. The number of imidazole rings is 1. The van der Waals surface area contributed by atoms with Crippen molar-refractivity contribution in [3.8, 4) is 11.3 Å². The van der Waals surface area contributed by atoms with E-state index in [0.717, 1.165) is 24.3 Å². The molecule has 4 rings (SSSR count). The lowest BCUT2D eigenvalue weighted by Crippen LogP contribution is -2.38. The number of amides is 1. The summed E-state index contributed by atoms with van der Waals surface area (Å²) >= 11 is 0. The molecule has 3 aromatic heterocycles. The maximum absolute atomic E-state index is 13.6. The summed E-state index contributed by atoms with van der Waals surface area (Å²) in [4.78, 5) is 25.2. The molecule has 10 heteroatoms. The topological polar surface area (TPSA) is 72.2 Å². The van der Waals surface area contributed by atoms with E-state index < -0.39 is 23.9 Å². The number of hydrogen-bond acceptors (Lipinski definition) is 4. The van der Waals surface area contributed by atoms with Gasteiger partial charge in [-0.3, -0.25) is 14.2 Å². The summed E-state index contributed by atoms with van der Waals surface area (Å²) in [5.41, 5.74) is 1.41. The average molecular weight is 429 g/mol. The maximum Gasteiger partial charge on any atom is 0.412 e. The number of halogens is 4. The first-order chi connectivity index (χ1) is 14.7. The number of rotatable bonds is 4. The zero-order valence-electron chi connectivity index (χ0n) is 16.1. The molecule has 1 aromatic carbocycles. The van der Waals surface area contributed by atoms with E-state index in [9.17, 15) is 22.4 Å². The van der Waals surface area contributed by atoms with Crippen molar-refractivity contribution in [1.82, 2.24) is 24.7 Å². The molecule has 0 bridgehead atoms. The molecule has 1 amide bonds. The van der Waals surface area contributed by atoms with Gasteiger partial charge in [-0.1, -0.05) is 12.1 Å². The summed E-state index contributed by atoms with van der Waals surface area (Å²) in [5.74, 6) is -1.73. The summed E-state index contributed by atoms with van der Waals surface area (Å²) in [7, 11) is 0. The number of aromatic nitrogens is 4. The van der Waals surface area contributed by atoms with Gasteiger partial charge in [-0.15, -0.1) is 0 Å². The first-order valence-corrected chi connectivity index (χ1v) is 9.12. The number of alkyl halides is 3. The summed E-state index contributed by atoms with van der Waals surface area (Å²) in [6.07, 6.45) is -0.296. The van der Waals surface area contributed by atoms with E-state index in [1.54, 1.807) is 37.5 Å². The van der Waals surface area contributed by atoms with Gasteiger partial charge in [-0.2, -0.15) is 13.2 Å². The van der Waals surface area contributed by atoms with E-state index >= 15 is 0 Å². The van der Waals surface area contributed by atoms with Gasteiger partial charge in [-0.25, -0.2) is 14.4 Å². The van der Waals surface area contributed by atoms with E-state index in [0.29, 0.717) is 17.0 Å². The van der Waals surface area contributed by atoms with Crippen molar-refractivity contribution >= 4 is 11.6 Å². The predicted octanol–water partition coefficient (Wildman–Crippen LogP) is 4.27. The lowest BCUT2D eigenvalue weighted by Gasteiger charge is -2.21. The molecule has 158 valence electrons. The molecule has 3 heterocycles. The van der Waals surface area contributed by atoms with Crippen LogP contribution in [0.1, 0.15) is 27.8 Å². The molecular formula is C21H15F4N5O. The molecule has 4 aromatic rings. The highest BCUT2D eigenvalue weighted by atomic mass is 19.4. The van der Waals surface area contributed by atoms with Crippen LogP contribution in [0.4, 0.5) is 17.6 Å². The molecule has 0 aliphatic heterocycles. The second-order valence-corrected chi connectivity index (χ2v) is 6.81. The number of nitrogens with zero attached hydrogens (tertiary/aromatic N) is 4. The Kier molecular flexibility index (Phi) is 5.14. The number of fused-ring (bicyclic) bond motifs is 1. The third kappa shape index (κ3) is 4.09. The first kappa shape index (κ1) is 20.5. The van der Waals surface area contributed by atoms with Gasteiger partial charge in [0.25, 0.3) is 5.91 Å². The lowest BCUT2D eigenvalue weighted by molar-refractivity contribution is -0.155. The molecule has 31 heavy (non-hydrogen) atoms. The van der Waals surface area contributed by atoms with Crippen LogP contribution in [0.5, 0.6) is 0 Å². The van der Waals surface area contributed by atoms with Crippen molar-refractivity contribution in [3.63, 3.8) is 0 Å². The van der Waals surface area contributed by atoms with Gasteiger partial charge in [0.2, 0.25) is 0 Å². The van der Waals surface area contributed by atoms with E-state index in [2.05, 4.69) is 15.0 Å². The SMILES string of the molecule is Cc1cc(-c2cccnc2)nc2c(C(=O)NC(c3ccc(F)cc3)C(F)(F)F)ncn12. The minimum absolute atomic E-state index is 0.108. The molecular weight excluding hydrogens is 414 g/mol. The standard InChI is InChI=1S/C21H15F4N5O/c1-12-9-16(14-3-2-8-26-10-14)28-19-17(27-11-30(12)19)20(31)29-18(21(23,24)25)13-4-6-15(22)7-5-13/h2-11,18H,1H3,(H,29,31). The Balaban J connectivity index is 1.73. The predicted molar refractivity (Wildman–Crippen MR) is 104 cm³/mol. The molecule has 0 saturated heterocycles. The largest absolute Gasteiger partial charge is 0.412 e. The number of pyridine rings is 1. The summed E-state index contributed by atoms with van der Waals surface area (Å²) in [5, 5.41) is 1.95. The van der Waals surface area contributed by atoms with Crippen molar-refractivity contribution in [2.45, 2.75) is 19.1 Å². The quantitative estimate of drug-likeness (QED) is 0.492. The molecule has 1 unspecified atom stereocenters. The Hall–Kier alpha value is -3.82. The van der Waals surface area contributed by atoms with Gasteiger partial charge in [0, 0.05) is 23.7 Å². The smallest absolute Gasteiger partial charge is 0.335 e.